The van der Waals surface area contributed by atoms with Crippen molar-refractivity contribution in [2.24, 2.45) is 11.1 Å². The Kier molecular flexibility index (Phi) is 2.55. The molecule has 3 N–H and O–H groups in total. The summed E-state index contributed by atoms with van der Waals surface area (Å²) in [4.78, 5) is 0. The number of rotatable bonds is 2. The van der Waals surface area contributed by atoms with Crippen molar-refractivity contribution in [2.75, 3.05) is 0 Å². The van der Waals surface area contributed by atoms with E-state index in [1.54, 1.807) is 0 Å². The average Bonchev–Trinajstić information content (AvgIpc) is 2.35. The molecular formula is C9H19NO. The van der Waals surface area contributed by atoms with Gasteiger partial charge in [-0.3, -0.25) is 0 Å². The van der Waals surface area contributed by atoms with E-state index in [9.17, 15) is 5.11 Å². The van der Waals surface area contributed by atoms with E-state index >= 15 is 0 Å². The fourth-order valence-corrected chi connectivity index (χ4v) is 2.11. The highest BCUT2D eigenvalue weighted by atomic mass is 16.3. The molecule has 2 nitrogen and oxygen atoms in total. The van der Waals surface area contributed by atoms with Crippen molar-refractivity contribution in [3.05, 3.63) is 0 Å². The molecule has 0 spiro atoms. The zero-order valence-corrected chi connectivity index (χ0v) is 7.51. The van der Waals surface area contributed by atoms with Gasteiger partial charge >= 0.3 is 0 Å². The van der Waals surface area contributed by atoms with Crippen molar-refractivity contribution in [1.29, 1.82) is 0 Å². The Morgan fingerprint density at radius 2 is 1.82 bits per heavy atom. The average molecular weight is 157 g/mol. The number of nitrogens with two attached hydrogens (primary N) is 1. The first-order valence-electron chi connectivity index (χ1n) is 4.50. The Morgan fingerprint density at radius 1 is 1.36 bits per heavy atom. The normalized spacial score (nSPS) is 28.4. The topological polar surface area (TPSA) is 46.2 Å². The van der Waals surface area contributed by atoms with Gasteiger partial charge in [0.25, 0.3) is 0 Å². The van der Waals surface area contributed by atoms with Gasteiger partial charge in [-0.1, -0.05) is 19.8 Å². The molecule has 0 radical (unpaired) electrons. The highest BCUT2D eigenvalue weighted by molar-refractivity contribution is 4.90. The maximum absolute atomic E-state index is 9.76. The first-order chi connectivity index (χ1) is 5.06. The first kappa shape index (κ1) is 9.01. The lowest BCUT2D eigenvalue weighted by Crippen LogP contribution is -2.42. The van der Waals surface area contributed by atoms with E-state index in [-0.39, 0.29) is 17.6 Å². The number of hydrogen-bond acceptors (Lipinski definition) is 2. The van der Waals surface area contributed by atoms with Crippen molar-refractivity contribution in [1.82, 2.24) is 0 Å². The molecule has 2 heteroatoms. The molecule has 1 aliphatic carbocycles. The molecule has 0 saturated heterocycles. The molecule has 0 aliphatic heterocycles. The maximum atomic E-state index is 9.76. The summed E-state index contributed by atoms with van der Waals surface area (Å²) in [6.45, 7) is 4.03. The summed E-state index contributed by atoms with van der Waals surface area (Å²) in [5, 5.41) is 9.76. The van der Waals surface area contributed by atoms with Gasteiger partial charge in [0.1, 0.15) is 0 Å². The molecule has 66 valence electrons. The van der Waals surface area contributed by atoms with Crippen LogP contribution < -0.4 is 5.73 Å². The minimum atomic E-state index is -0.315. The van der Waals surface area contributed by atoms with Crippen molar-refractivity contribution < 1.29 is 5.11 Å². The molecule has 0 amide bonds. The monoisotopic (exact) mass is 157 g/mol. The van der Waals surface area contributed by atoms with Crippen molar-refractivity contribution >= 4 is 0 Å². The molecule has 0 aromatic carbocycles. The summed E-state index contributed by atoms with van der Waals surface area (Å²) < 4.78 is 0. The van der Waals surface area contributed by atoms with Gasteiger partial charge in [-0.2, -0.15) is 0 Å². The van der Waals surface area contributed by atoms with Crippen LogP contribution in [0.2, 0.25) is 0 Å². The second-order valence-electron chi connectivity index (χ2n) is 4.17. The Bertz CT molecular complexity index is 128. The van der Waals surface area contributed by atoms with E-state index in [1.165, 1.54) is 12.8 Å². The molecule has 0 aromatic rings. The van der Waals surface area contributed by atoms with Gasteiger partial charge in [-0.05, 0) is 25.2 Å². The minimum Gasteiger partial charge on any atom is -0.391 e. The van der Waals surface area contributed by atoms with Crippen LogP contribution in [0.3, 0.4) is 0 Å². The molecule has 1 rings (SSSR count). The molecule has 2 unspecified atom stereocenters. The second kappa shape index (κ2) is 3.11. The van der Waals surface area contributed by atoms with E-state index in [1.807, 2.05) is 6.92 Å². The summed E-state index contributed by atoms with van der Waals surface area (Å²) in [7, 11) is 0. The van der Waals surface area contributed by atoms with Crippen LogP contribution >= 0.6 is 0 Å². The van der Waals surface area contributed by atoms with Crippen LogP contribution in [0.1, 0.15) is 39.5 Å². The van der Waals surface area contributed by atoms with E-state index in [0.717, 1.165) is 12.8 Å². The van der Waals surface area contributed by atoms with Crippen molar-refractivity contribution in [3.63, 3.8) is 0 Å². The molecule has 0 bridgehead atoms. The first-order valence-corrected chi connectivity index (χ1v) is 4.50. The van der Waals surface area contributed by atoms with Gasteiger partial charge in [-0.15, -0.1) is 0 Å². The lowest BCUT2D eigenvalue weighted by molar-refractivity contribution is 0.0257. The fourth-order valence-electron chi connectivity index (χ4n) is 2.11. The SMILES string of the molecule is CC(N)C(O)C1(C)CCCC1. The molecule has 2 atom stereocenters. The highest BCUT2D eigenvalue weighted by Crippen LogP contribution is 2.41. The van der Waals surface area contributed by atoms with Crippen LogP contribution in [0.15, 0.2) is 0 Å². The van der Waals surface area contributed by atoms with E-state index < -0.39 is 0 Å². The van der Waals surface area contributed by atoms with Crippen LogP contribution in [-0.2, 0) is 0 Å². The molecule has 1 aliphatic rings. The number of hydrogen-bond donors (Lipinski definition) is 2. The zero-order chi connectivity index (χ0) is 8.48. The van der Waals surface area contributed by atoms with E-state index in [0.29, 0.717) is 0 Å². The van der Waals surface area contributed by atoms with Crippen LogP contribution in [0, 0.1) is 5.41 Å². The lowest BCUT2D eigenvalue weighted by Gasteiger charge is -2.32. The zero-order valence-electron chi connectivity index (χ0n) is 7.51. The smallest absolute Gasteiger partial charge is 0.0741 e. The minimum absolute atomic E-state index is 0.0851. The molecular weight excluding hydrogens is 138 g/mol. The van der Waals surface area contributed by atoms with Crippen LogP contribution in [-0.4, -0.2) is 17.3 Å². The number of aliphatic hydroxyl groups excluding tert-OH is 1. The van der Waals surface area contributed by atoms with Gasteiger partial charge in [0.15, 0.2) is 0 Å². The predicted molar refractivity (Wildman–Crippen MR) is 46.2 cm³/mol. The summed E-state index contributed by atoms with van der Waals surface area (Å²) >= 11 is 0. The summed E-state index contributed by atoms with van der Waals surface area (Å²) in [5.41, 5.74) is 5.76. The third-order valence-corrected chi connectivity index (χ3v) is 2.96. The third-order valence-electron chi connectivity index (χ3n) is 2.96. The summed E-state index contributed by atoms with van der Waals surface area (Å²) in [6.07, 6.45) is 4.45. The second-order valence-corrected chi connectivity index (χ2v) is 4.17. The van der Waals surface area contributed by atoms with E-state index in [4.69, 9.17) is 5.73 Å². The fraction of sp³-hybridized carbons (Fsp3) is 1.00. The van der Waals surface area contributed by atoms with Gasteiger partial charge < -0.3 is 10.8 Å². The predicted octanol–water partition coefficient (Wildman–Crippen LogP) is 1.27. The van der Waals surface area contributed by atoms with Crippen LogP contribution in [0.5, 0.6) is 0 Å². The van der Waals surface area contributed by atoms with Crippen molar-refractivity contribution in [3.8, 4) is 0 Å². The number of aliphatic hydroxyl groups is 1. The van der Waals surface area contributed by atoms with Crippen molar-refractivity contribution in [2.45, 2.75) is 51.7 Å². The van der Waals surface area contributed by atoms with E-state index in [2.05, 4.69) is 6.92 Å². The highest BCUT2D eigenvalue weighted by Gasteiger charge is 2.37. The lowest BCUT2D eigenvalue weighted by atomic mass is 9.80. The Labute approximate surface area is 68.8 Å². The largest absolute Gasteiger partial charge is 0.391 e. The maximum Gasteiger partial charge on any atom is 0.0741 e. The van der Waals surface area contributed by atoms with Crippen LogP contribution in [0.4, 0.5) is 0 Å². The van der Waals surface area contributed by atoms with Gasteiger partial charge in [0, 0.05) is 6.04 Å². The molecule has 1 fully saturated rings. The Hall–Kier alpha value is -0.0800. The quantitative estimate of drug-likeness (QED) is 0.634. The summed E-state index contributed by atoms with van der Waals surface area (Å²) in [6, 6.07) is -0.0851. The van der Waals surface area contributed by atoms with Crippen LogP contribution in [0.25, 0.3) is 0 Å². The molecule has 0 heterocycles. The Morgan fingerprint density at radius 3 is 2.18 bits per heavy atom. The Balaban J connectivity index is 2.56. The van der Waals surface area contributed by atoms with Gasteiger partial charge in [0.05, 0.1) is 6.10 Å². The molecule has 0 aromatic heterocycles. The van der Waals surface area contributed by atoms with Gasteiger partial charge in [-0.25, -0.2) is 0 Å². The third kappa shape index (κ3) is 1.74. The molecule has 1 saturated carbocycles. The standard InChI is InChI=1S/C9H19NO/c1-7(10)8(11)9(2)5-3-4-6-9/h7-8,11H,3-6,10H2,1-2H3. The van der Waals surface area contributed by atoms with Gasteiger partial charge in [0.2, 0.25) is 0 Å². The summed E-state index contributed by atoms with van der Waals surface area (Å²) in [5.74, 6) is 0. The molecule has 11 heavy (non-hydrogen) atoms.